The number of carbonyl (C=O) groups is 1. The first-order valence-corrected chi connectivity index (χ1v) is 11.1. The molecule has 8 nitrogen and oxygen atoms in total. The van der Waals surface area contributed by atoms with Gasteiger partial charge in [-0.05, 0) is 42.5 Å². The standard InChI is InChI=1S/C26H22ClFN4O4/c1-34-17-7-4-15(23(11-17)35-2)5-9-25(33)32-22-12-18-21(13-24(22)36-3)29-14-30-26(18)31-16-6-8-20(28)19(27)10-16/h4-14H,1-3H3,(H,32,33)(H,29,30,31)/b9-5+. The van der Waals surface area contributed by atoms with Crippen LogP contribution in [-0.2, 0) is 4.79 Å². The van der Waals surface area contributed by atoms with Crippen LogP contribution >= 0.6 is 11.6 Å². The van der Waals surface area contributed by atoms with Crippen LogP contribution in [0.3, 0.4) is 0 Å². The van der Waals surface area contributed by atoms with E-state index in [9.17, 15) is 9.18 Å². The van der Waals surface area contributed by atoms with Gasteiger partial charge in [-0.15, -0.1) is 0 Å². The van der Waals surface area contributed by atoms with Crippen molar-refractivity contribution in [2.45, 2.75) is 0 Å². The Morgan fingerprint density at radius 1 is 0.972 bits per heavy atom. The van der Waals surface area contributed by atoms with Gasteiger partial charge in [0.25, 0.3) is 0 Å². The zero-order valence-corrected chi connectivity index (χ0v) is 20.4. The Kier molecular flexibility index (Phi) is 7.50. The molecule has 0 unspecified atom stereocenters. The fraction of sp³-hybridized carbons (Fsp3) is 0.115. The summed E-state index contributed by atoms with van der Waals surface area (Å²) in [6.45, 7) is 0. The molecular formula is C26H22ClFN4O4. The summed E-state index contributed by atoms with van der Waals surface area (Å²) in [5, 5.41) is 6.52. The summed E-state index contributed by atoms with van der Waals surface area (Å²) in [5.74, 6) is 1.16. The van der Waals surface area contributed by atoms with Crippen LogP contribution in [-0.4, -0.2) is 37.2 Å². The smallest absolute Gasteiger partial charge is 0.248 e. The second-order valence-corrected chi connectivity index (χ2v) is 7.88. The third-order valence-electron chi connectivity index (χ3n) is 5.25. The molecule has 0 fully saturated rings. The zero-order valence-electron chi connectivity index (χ0n) is 19.6. The first-order chi connectivity index (χ1) is 17.4. The van der Waals surface area contributed by atoms with Gasteiger partial charge in [0.2, 0.25) is 5.91 Å². The number of halogens is 2. The van der Waals surface area contributed by atoms with Crippen molar-refractivity contribution in [2.24, 2.45) is 0 Å². The number of aromatic nitrogens is 2. The molecule has 4 rings (SSSR count). The minimum absolute atomic E-state index is 0.0201. The van der Waals surface area contributed by atoms with Gasteiger partial charge < -0.3 is 24.8 Å². The van der Waals surface area contributed by atoms with E-state index in [0.717, 1.165) is 0 Å². The first-order valence-electron chi connectivity index (χ1n) is 10.7. The topological polar surface area (TPSA) is 94.6 Å². The Morgan fingerprint density at radius 3 is 2.50 bits per heavy atom. The van der Waals surface area contributed by atoms with Gasteiger partial charge in [-0.1, -0.05) is 11.6 Å². The number of rotatable bonds is 8. The summed E-state index contributed by atoms with van der Waals surface area (Å²) in [6, 6.07) is 12.9. The average Bonchev–Trinajstić information content (AvgIpc) is 2.89. The van der Waals surface area contributed by atoms with E-state index >= 15 is 0 Å². The third kappa shape index (κ3) is 5.47. The molecule has 184 valence electrons. The molecule has 0 radical (unpaired) electrons. The van der Waals surface area contributed by atoms with Crippen molar-refractivity contribution in [1.29, 1.82) is 0 Å². The van der Waals surface area contributed by atoms with Gasteiger partial charge in [-0.3, -0.25) is 4.79 Å². The number of ether oxygens (including phenoxy) is 3. The maximum Gasteiger partial charge on any atom is 0.248 e. The van der Waals surface area contributed by atoms with E-state index in [2.05, 4.69) is 20.6 Å². The molecule has 1 heterocycles. The summed E-state index contributed by atoms with van der Waals surface area (Å²) < 4.78 is 29.6. The third-order valence-corrected chi connectivity index (χ3v) is 5.54. The van der Waals surface area contributed by atoms with Gasteiger partial charge in [0.05, 0.1) is 37.6 Å². The lowest BCUT2D eigenvalue weighted by Crippen LogP contribution is -2.09. The number of nitrogens with zero attached hydrogens (tertiary/aromatic N) is 2. The number of carbonyl (C=O) groups excluding carboxylic acids is 1. The molecule has 4 aromatic rings. The Balaban J connectivity index is 1.62. The van der Waals surface area contributed by atoms with E-state index in [-0.39, 0.29) is 10.9 Å². The maximum absolute atomic E-state index is 13.5. The predicted molar refractivity (Wildman–Crippen MR) is 138 cm³/mol. The second-order valence-electron chi connectivity index (χ2n) is 7.48. The van der Waals surface area contributed by atoms with Gasteiger partial charge in [0, 0.05) is 34.8 Å². The zero-order chi connectivity index (χ0) is 25.7. The number of benzene rings is 3. The highest BCUT2D eigenvalue weighted by atomic mass is 35.5. The molecule has 3 aromatic carbocycles. The van der Waals surface area contributed by atoms with Gasteiger partial charge in [0.1, 0.15) is 35.2 Å². The molecular weight excluding hydrogens is 487 g/mol. The van der Waals surface area contributed by atoms with Crippen molar-refractivity contribution in [2.75, 3.05) is 32.0 Å². The number of anilines is 3. The molecule has 10 heteroatoms. The molecule has 1 amide bonds. The molecule has 0 saturated heterocycles. The SMILES string of the molecule is COc1ccc(/C=C/C(=O)Nc2cc3c(Nc4ccc(F)c(Cl)c4)ncnc3cc2OC)c(OC)c1. The Hall–Kier alpha value is -4.37. The first kappa shape index (κ1) is 24.7. The summed E-state index contributed by atoms with van der Waals surface area (Å²) in [6.07, 6.45) is 4.41. The van der Waals surface area contributed by atoms with E-state index in [1.54, 1.807) is 56.7 Å². The number of nitrogens with one attached hydrogen (secondary N) is 2. The molecule has 0 spiro atoms. The highest BCUT2D eigenvalue weighted by Gasteiger charge is 2.13. The van der Waals surface area contributed by atoms with Crippen LogP contribution in [0, 0.1) is 5.82 Å². The van der Waals surface area contributed by atoms with E-state index < -0.39 is 5.82 Å². The quantitative estimate of drug-likeness (QED) is 0.288. The molecule has 1 aromatic heterocycles. The molecule has 0 bridgehead atoms. The molecule has 36 heavy (non-hydrogen) atoms. The minimum atomic E-state index is -0.523. The van der Waals surface area contributed by atoms with E-state index in [0.29, 0.717) is 50.9 Å². The van der Waals surface area contributed by atoms with Crippen LogP contribution in [0.1, 0.15) is 5.56 Å². The molecule has 0 aliphatic carbocycles. The molecule has 2 N–H and O–H groups in total. The summed E-state index contributed by atoms with van der Waals surface area (Å²) in [7, 11) is 4.60. The Morgan fingerprint density at radius 2 is 1.78 bits per heavy atom. The Labute approximate surface area is 211 Å². The van der Waals surface area contributed by atoms with Crippen LogP contribution in [0.25, 0.3) is 17.0 Å². The van der Waals surface area contributed by atoms with Gasteiger partial charge >= 0.3 is 0 Å². The monoisotopic (exact) mass is 508 g/mol. The van der Waals surface area contributed by atoms with Gasteiger partial charge in [0.15, 0.2) is 0 Å². The largest absolute Gasteiger partial charge is 0.497 e. The van der Waals surface area contributed by atoms with Crippen molar-refractivity contribution >= 4 is 51.7 Å². The predicted octanol–water partition coefficient (Wildman–Crippen LogP) is 5.84. The van der Waals surface area contributed by atoms with Crippen molar-refractivity contribution in [3.8, 4) is 17.2 Å². The lowest BCUT2D eigenvalue weighted by molar-refractivity contribution is -0.111. The van der Waals surface area contributed by atoms with E-state index in [1.807, 2.05) is 0 Å². The minimum Gasteiger partial charge on any atom is -0.497 e. The Bertz CT molecular complexity index is 1460. The number of hydrogen-bond acceptors (Lipinski definition) is 7. The maximum atomic E-state index is 13.5. The summed E-state index contributed by atoms with van der Waals surface area (Å²) in [5.41, 5.74) is 2.24. The number of methoxy groups -OCH3 is 3. The highest BCUT2D eigenvalue weighted by Crippen LogP contribution is 2.34. The van der Waals surface area contributed by atoms with Crippen LogP contribution in [0.4, 0.5) is 21.6 Å². The average molecular weight is 509 g/mol. The molecule has 0 saturated carbocycles. The second kappa shape index (κ2) is 10.9. The van der Waals surface area contributed by atoms with E-state index in [4.69, 9.17) is 25.8 Å². The van der Waals surface area contributed by atoms with Crippen molar-refractivity contribution in [3.05, 3.63) is 77.3 Å². The fourth-order valence-corrected chi connectivity index (χ4v) is 3.64. The number of amides is 1. The molecule has 0 aliphatic heterocycles. The van der Waals surface area contributed by atoms with Crippen LogP contribution < -0.4 is 24.8 Å². The van der Waals surface area contributed by atoms with E-state index in [1.165, 1.54) is 31.6 Å². The normalized spacial score (nSPS) is 10.9. The lowest BCUT2D eigenvalue weighted by atomic mass is 10.1. The lowest BCUT2D eigenvalue weighted by Gasteiger charge is -2.13. The van der Waals surface area contributed by atoms with Gasteiger partial charge in [-0.25, -0.2) is 14.4 Å². The van der Waals surface area contributed by atoms with Crippen LogP contribution in [0.15, 0.2) is 60.9 Å². The highest BCUT2D eigenvalue weighted by molar-refractivity contribution is 6.31. The summed E-state index contributed by atoms with van der Waals surface area (Å²) >= 11 is 5.90. The van der Waals surface area contributed by atoms with Crippen molar-refractivity contribution in [1.82, 2.24) is 9.97 Å². The fourth-order valence-electron chi connectivity index (χ4n) is 3.46. The number of hydrogen-bond donors (Lipinski definition) is 2. The molecule has 0 atom stereocenters. The number of fused-ring (bicyclic) bond motifs is 1. The summed E-state index contributed by atoms with van der Waals surface area (Å²) in [4.78, 5) is 21.3. The van der Waals surface area contributed by atoms with Crippen LogP contribution in [0.2, 0.25) is 5.02 Å². The van der Waals surface area contributed by atoms with Crippen molar-refractivity contribution < 1.29 is 23.4 Å². The van der Waals surface area contributed by atoms with Crippen LogP contribution in [0.5, 0.6) is 17.2 Å². The molecule has 0 aliphatic rings. The van der Waals surface area contributed by atoms with Crippen molar-refractivity contribution in [3.63, 3.8) is 0 Å². The van der Waals surface area contributed by atoms with Gasteiger partial charge in [-0.2, -0.15) is 0 Å².